The molecule has 0 radical (unpaired) electrons. The number of likely N-dealkylation sites (tertiary alicyclic amines) is 1. The fraction of sp³-hybridized carbons (Fsp3) is 0.650. The molecule has 0 saturated carbocycles. The first-order valence-corrected chi connectivity index (χ1v) is 9.63. The minimum Gasteiger partial charge on any atom is -0.382 e. The Labute approximate surface area is 176 Å². The molecule has 0 bridgehead atoms. The van der Waals surface area contributed by atoms with Gasteiger partial charge >= 0.3 is 0 Å². The van der Waals surface area contributed by atoms with Gasteiger partial charge in [-0.1, -0.05) is 30.3 Å². The van der Waals surface area contributed by atoms with Gasteiger partial charge in [0.25, 0.3) is 0 Å². The lowest BCUT2D eigenvalue weighted by Gasteiger charge is -2.21. The molecule has 0 spiro atoms. The second-order valence-electron chi connectivity index (χ2n) is 6.65. The molecule has 0 amide bonds. The highest BCUT2D eigenvalue weighted by Crippen LogP contribution is 2.20. The maximum absolute atomic E-state index is 5.38. The average Bonchev–Trinajstić information content (AvgIpc) is 2.95. The van der Waals surface area contributed by atoms with Crippen LogP contribution in [0.5, 0.6) is 0 Å². The zero-order chi connectivity index (χ0) is 17.9. The van der Waals surface area contributed by atoms with Crippen LogP contribution in [0.1, 0.15) is 39.2 Å². The van der Waals surface area contributed by atoms with E-state index in [9.17, 15) is 0 Å². The van der Waals surface area contributed by atoms with Crippen LogP contribution in [-0.2, 0) is 11.3 Å². The number of hydrogen-bond donors (Lipinski definition) is 2. The van der Waals surface area contributed by atoms with Crippen LogP contribution >= 0.6 is 24.0 Å². The number of nitrogens with one attached hydrogen (secondary N) is 2. The quantitative estimate of drug-likeness (QED) is 0.250. The summed E-state index contributed by atoms with van der Waals surface area (Å²) in [5.41, 5.74) is 1.38. The zero-order valence-electron chi connectivity index (χ0n) is 16.4. The topological polar surface area (TPSA) is 48.9 Å². The standard InChI is InChI=1S/C20H34N4O.HI/c1-4-21-20(22-12-9-13-25-5-2)23-19-14-17(3)24(16-19)15-18-10-7-6-8-11-18;/h6-8,10-11,17,19H,4-5,9,12-16H2,1-3H3,(H2,21,22,23);1H. The number of guanidine groups is 1. The minimum atomic E-state index is 0. The first-order valence-electron chi connectivity index (χ1n) is 9.63. The summed E-state index contributed by atoms with van der Waals surface area (Å²) in [6, 6.07) is 11.7. The van der Waals surface area contributed by atoms with E-state index in [0.29, 0.717) is 12.1 Å². The number of nitrogens with zero attached hydrogens (tertiary/aromatic N) is 2. The molecule has 26 heavy (non-hydrogen) atoms. The summed E-state index contributed by atoms with van der Waals surface area (Å²) in [6.07, 6.45) is 2.11. The van der Waals surface area contributed by atoms with Gasteiger partial charge < -0.3 is 15.4 Å². The maximum atomic E-state index is 5.38. The summed E-state index contributed by atoms with van der Waals surface area (Å²) < 4.78 is 5.38. The van der Waals surface area contributed by atoms with E-state index in [-0.39, 0.29) is 24.0 Å². The van der Waals surface area contributed by atoms with Crippen molar-refractivity contribution in [3.8, 4) is 0 Å². The van der Waals surface area contributed by atoms with Crippen molar-refractivity contribution in [1.29, 1.82) is 0 Å². The molecular formula is C20H35IN4O. The van der Waals surface area contributed by atoms with Crippen molar-refractivity contribution in [3.63, 3.8) is 0 Å². The van der Waals surface area contributed by atoms with Gasteiger partial charge in [-0.15, -0.1) is 24.0 Å². The number of hydrogen-bond acceptors (Lipinski definition) is 3. The Morgan fingerprint density at radius 1 is 1.27 bits per heavy atom. The predicted octanol–water partition coefficient (Wildman–Crippen LogP) is 3.25. The minimum absolute atomic E-state index is 0. The molecule has 1 aromatic carbocycles. The van der Waals surface area contributed by atoms with E-state index in [2.05, 4.69) is 64.7 Å². The van der Waals surface area contributed by atoms with Crippen LogP contribution in [0.4, 0.5) is 0 Å². The lowest BCUT2D eigenvalue weighted by Crippen LogP contribution is -2.44. The molecule has 2 atom stereocenters. The van der Waals surface area contributed by atoms with Crippen LogP contribution in [0, 0.1) is 0 Å². The second-order valence-corrected chi connectivity index (χ2v) is 6.65. The van der Waals surface area contributed by atoms with Crippen molar-refractivity contribution in [2.45, 2.75) is 52.2 Å². The highest BCUT2D eigenvalue weighted by Gasteiger charge is 2.29. The van der Waals surface area contributed by atoms with Crippen molar-refractivity contribution in [3.05, 3.63) is 35.9 Å². The summed E-state index contributed by atoms with van der Waals surface area (Å²) in [4.78, 5) is 7.23. The Kier molecular flexibility index (Phi) is 11.9. The molecule has 6 heteroatoms. The summed E-state index contributed by atoms with van der Waals surface area (Å²) in [5.74, 6) is 0.928. The highest BCUT2D eigenvalue weighted by molar-refractivity contribution is 14.0. The summed E-state index contributed by atoms with van der Waals surface area (Å²) in [5, 5.41) is 6.97. The van der Waals surface area contributed by atoms with Gasteiger partial charge in [-0.2, -0.15) is 0 Å². The number of benzene rings is 1. The lowest BCUT2D eigenvalue weighted by atomic mass is 10.2. The fourth-order valence-electron chi connectivity index (χ4n) is 3.26. The normalized spacial score (nSPS) is 20.7. The number of ether oxygens (including phenoxy) is 1. The molecule has 1 heterocycles. The van der Waals surface area contributed by atoms with Crippen molar-refractivity contribution in [2.75, 3.05) is 32.8 Å². The van der Waals surface area contributed by atoms with Gasteiger partial charge in [0, 0.05) is 51.5 Å². The largest absolute Gasteiger partial charge is 0.382 e. The molecule has 1 fully saturated rings. The van der Waals surface area contributed by atoms with Crippen LogP contribution in [0.15, 0.2) is 35.3 Å². The molecule has 2 unspecified atom stereocenters. The van der Waals surface area contributed by atoms with Gasteiger partial charge in [0.15, 0.2) is 5.96 Å². The molecule has 2 N–H and O–H groups in total. The van der Waals surface area contributed by atoms with E-state index in [4.69, 9.17) is 4.74 Å². The molecule has 1 aliphatic rings. The van der Waals surface area contributed by atoms with Crippen LogP contribution in [0.25, 0.3) is 0 Å². The molecule has 1 saturated heterocycles. The molecular weight excluding hydrogens is 439 g/mol. The van der Waals surface area contributed by atoms with Gasteiger partial charge in [-0.05, 0) is 39.2 Å². The summed E-state index contributed by atoms with van der Waals surface area (Å²) in [7, 11) is 0. The van der Waals surface area contributed by atoms with Crippen molar-refractivity contribution in [2.24, 2.45) is 4.99 Å². The third-order valence-corrected chi connectivity index (χ3v) is 4.54. The van der Waals surface area contributed by atoms with E-state index in [1.807, 2.05) is 6.92 Å². The first-order chi connectivity index (χ1) is 12.2. The SMILES string of the molecule is CCNC(=NCCCOCC)NC1CC(C)N(Cc2ccccc2)C1.I. The molecule has 2 rings (SSSR count). The highest BCUT2D eigenvalue weighted by atomic mass is 127. The smallest absolute Gasteiger partial charge is 0.191 e. The van der Waals surface area contributed by atoms with Crippen molar-refractivity contribution >= 4 is 29.9 Å². The second kappa shape index (κ2) is 13.3. The monoisotopic (exact) mass is 474 g/mol. The summed E-state index contributed by atoms with van der Waals surface area (Å²) >= 11 is 0. The van der Waals surface area contributed by atoms with Gasteiger partial charge in [0.2, 0.25) is 0 Å². The number of rotatable bonds is 9. The van der Waals surface area contributed by atoms with Crippen molar-refractivity contribution in [1.82, 2.24) is 15.5 Å². The number of halogens is 1. The van der Waals surface area contributed by atoms with Crippen LogP contribution < -0.4 is 10.6 Å². The number of aliphatic imine (C=N–C) groups is 1. The third-order valence-electron chi connectivity index (χ3n) is 4.54. The van der Waals surface area contributed by atoms with E-state index in [0.717, 1.165) is 58.2 Å². The molecule has 1 aliphatic heterocycles. The van der Waals surface area contributed by atoms with Gasteiger partial charge in [-0.3, -0.25) is 9.89 Å². The van der Waals surface area contributed by atoms with Gasteiger partial charge in [-0.25, -0.2) is 0 Å². The lowest BCUT2D eigenvalue weighted by molar-refractivity contribution is 0.146. The fourth-order valence-corrected chi connectivity index (χ4v) is 3.26. The Balaban J connectivity index is 0.00000338. The first kappa shape index (κ1) is 23.2. The zero-order valence-corrected chi connectivity index (χ0v) is 18.7. The molecule has 1 aromatic rings. The molecule has 5 nitrogen and oxygen atoms in total. The predicted molar refractivity (Wildman–Crippen MR) is 120 cm³/mol. The van der Waals surface area contributed by atoms with Crippen molar-refractivity contribution < 1.29 is 4.74 Å². The Hall–Kier alpha value is -0.860. The molecule has 0 aliphatic carbocycles. The molecule has 148 valence electrons. The van der Waals surface area contributed by atoms with E-state index in [1.165, 1.54) is 5.56 Å². The van der Waals surface area contributed by atoms with Crippen LogP contribution in [0.3, 0.4) is 0 Å². The third kappa shape index (κ3) is 8.22. The maximum Gasteiger partial charge on any atom is 0.191 e. The van der Waals surface area contributed by atoms with Gasteiger partial charge in [0.05, 0.1) is 0 Å². The van der Waals surface area contributed by atoms with E-state index < -0.39 is 0 Å². The average molecular weight is 474 g/mol. The Morgan fingerprint density at radius 2 is 2.04 bits per heavy atom. The summed E-state index contributed by atoms with van der Waals surface area (Å²) in [6.45, 7) is 11.8. The van der Waals surface area contributed by atoms with E-state index in [1.54, 1.807) is 0 Å². The Bertz CT molecular complexity index is 512. The van der Waals surface area contributed by atoms with Crippen LogP contribution in [0.2, 0.25) is 0 Å². The van der Waals surface area contributed by atoms with Gasteiger partial charge in [0.1, 0.15) is 0 Å². The van der Waals surface area contributed by atoms with E-state index >= 15 is 0 Å². The Morgan fingerprint density at radius 3 is 2.73 bits per heavy atom. The molecule has 0 aromatic heterocycles. The van der Waals surface area contributed by atoms with Crippen LogP contribution in [-0.4, -0.2) is 55.8 Å².